The smallest absolute Gasteiger partial charge is 0.412 e. The van der Waals surface area contributed by atoms with E-state index in [-0.39, 0.29) is 11.2 Å². The van der Waals surface area contributed by atoms with E-state index in [9.17, 15) is 9.59 Å². The number of amides is 1. The number of pyridine rings is 1. The molecule has 4 rings (SSSR count). The predicted molar refractivity (Wildman–Crippen MR) is 138 cm³/mol. The summed E-state index contributed by atoms with van der Waals surface area (Å²) < 4.78 is 13.2. The molecule has 34 heavy (non-hydrogen) atoms. The quantitative estimate of drug-likeness (QED) is 0.330. The van der Waals surface area contributed by atoms with E-state index in [2.05, 4.69) is 5.32 Å². The first kappa shape index (κ1) is 23.9. The fourth-order valence-electron chi connectivity index (χ4n) is 3.65. The maximum absolute atomic E-state index is 13.8. The molecule has 1 amide bonds. The van der Waals surface area contributed by atoms with Crippen LogP contribution in [0.4, 0.5) is 10.5 Å². The van der Waals surface area contributed by atoms with Gasteiger partial charge < -0.3 is 14.0 Å². The van der Waals surface area contributed by atoms with Crippen molar-refractivity contribution < 1.29 is 14.3 Å². The number of nitrogens with one attached hydrogen (secondary N) is 1. The first-order valence-electron chi connectivity index (χ1n) is 10.7. The molecule has 0 unspecified atom stereocenters. The molecule has 2 heterocycles. The molecule has 0 spiro atoms. The van der Waals surface area contributed by atoms with Gasteiger partial charge in [0.05, 0.1) is 23.9 Å². The second-order valence-corrected chi connectivity index (χ2v) is 10.1. The first-order chi connectivity index (χ1) is 16.2. The van der Waals surface area contributed by atoms with Gasteiger partial charge in [-0.2, -0.15) is 0 Å². The van der Waals surface area contributed by atoms with Gasteiger partial charge in [-0.25, -0.2) is 4.79 Å². The van der Waals surface area contributed by atoms with Crippen molar-refractivity contribution in [1.82, 2.24) is 4.57 Å². The molecule has 176 valence electrons. The Morgan fingerprint density at radius 2 is 1.74 bits per heavy atom. The number of methoxy groups -OCH3 is 1. The monoisotopic (exact) mass is 496 g/mol. The molecule has 0 saturated carbocycles. The molecule has 0 bridgehead atoms. The Kier molecular flexibility index (Phi) is 6.68. The van der Waals surface area contributed by atoms with Crippen molar-refractivity contribution in [3.05, 3.63) is 80.9 Å². The summed E-state index contributed by atoms with van der Waals surface area (Å²) in [5.41, 5.74) is 2.26. The van der Waals surface area contributed by atoms with Crippen molar-refractivity contribution in [2.75, 3.05) is 12.4 Å². The summed E-state index contributed by atoms with van der Waals surface area (Å²) in [7, 11) is 1.61. The summed E-state index contributed by atoms with van der Waals surface area (Å²) in [6.45, 7) is 5.66. The molecule has 2 aromatic carbocycles. The lowest BCUT2D eigenvalue weighted by molar-refractivity contribution is 0.0635. The number of hydrogen-bond donors (Lipinski definition) is 1. The molecule has 0 aliphatic heterocycles. The minimum absolute atomic E-state index is 0.167. The van der Waals surface area contributed by atoms with E-state index in [0.29, 0.717) is 17.1 Å². The van der Waals surface area contributed by atoms with E-state index >= 15 is 0 Å². The molecule has 0 fully saturated rings. The van der Waals surface area contributed by atoms with Gasteiger partial charge in [-0.15, -0.1) is 11.3 Å². The molecule has 0 saturated heterocycles. The number of anilines is 1. The third kappa shape index (κ3) is 5.11. The van der Waals surface area contributed by atoms with E-state index < -0.39 is 11.7 Å². The summed E-state index contributed by atoms with van der Waals surface area (Å²) in [6.07, 6.45) is -0.688. The van der Waals surface area contributed by atoms with Gasteiger partial charge in [0.2, 0.25) is 0 Å². The number of fused-ring (bicyclic) bond motifs is 1. The van der Waals surface area contributed by atoms with Crippen LogP contribution in [-0.2, 0) is 11.3 Å². The molecule has 2 aromatic heterocycles. The van der Waals surface area contributed by atoms with E-state index in [1.807, 2.05) is 47.8 Å². The van der Waals surface area contributed by atoms with Gasteiger partial charge >= 0.3 is 6.09 Å². The van der Waals surface area contributed by atoms with Gasteiger partial charge in [0.25, 0.3) is 5.56 Å². The Balaban J connectivity index is 1.90. The Morgan fingerprint density at radius 1 is 1.06 bits per heavy atom. The third-order valence-electron chi connectivity index (χ3n) is 5.13. The van der Waals surface area contributed by atoms with Crippen molar-refractivity contribution in [3.8, 4) is 16.9 Å². The number of benzene rings is 2. The van der Waals surface area contributed by atoms with Crippen LogP contribution in [0.1, 0.15) is 26.3 Å². The maximum Gasteiger partial charge on any atom is 0.412 e. The number of carbonyl (C=O) groups excluding carboxylic acids is 1. The van der Waals surface area contributed by atoms with Crippen LogP contribution >= 0.6 is 22.9 Å². The van der Waals surface area contributed by atoms with E-state index in [4.69, 9.17) is 21.1 Å². The molecule has 0 atom stereocenters. The highest BCUT2D eigenvalue weighted by Gasteiger charge is 2.24. The molecule has 0 aliphatic rings. The third-order valence-corrected chi connectivity index (χ3v) is 6.30. The lowest BCUT2D eigenvalue weighted by atomic mass is 10.0. The molecule has 1 N–H and O–H groups in total. The van der Waals surface area contributed by atoms with Crippen molar-refractivity contribution in [2.24, 2.45) is 0 Å². The van der Waals surface area contributed by atoms with Crippen LogP contribution in [0.15, 0.2) is 64.8 Å². The van der Waals surface area contributed by atoms with Crippen LogP contribution in [-0.4, -0.2) is 23.4 Å². The Bertz CT molecular complexity index is 1380. The second-order valence-electron chi connectivity index (χ2n) is 8.76. The number of rotatable bonds is 5. The second kappa shape index (κ2) is 9.52. The van der Waals surface area contributed by atoms with Gasteiger partial charge in [-0.3, -0.25) is 10.1 Å². The van der Waals surface area contributed by atoms with Crippen LogP contribution in [0, 0.1) is 0 Å². The van der Waals surface area contributed by atoms with Crippen molar-refractivity contribution in [3.63, 3.8) is 0 Å². The summed E-state index contributed by atoms with van der Waals surface area (Å²) in [6, 6.07) is 16.7. The standard InChI is InChI=1S/C26H25ClN2O4S/c1-26(2,3)33-25(31)28-22-21(17-7-9-18(27)10-8-17)23-20(13-14-34-23)29(24(22)30)15-16-5-11-19(32-4)12-6-16/h5-14H,15H2,1-4H3,(H,28,31). The summed E-state index contributed by atoms with van der Waals surface area (Å²) in [5.74, 6) is 0.738. The fraction of sp³-hybridized carbons (Fsp3) is 0.231. The van der Waals surface area contributed by atoms with Crippen LogP contribution in [0.2, 0.25) is 5.02 Å². The minimum Gasteiger partial charge on any atom is -0.497 e. The van der Waals surface area contributed by atoms with E-state index in [0.717, 1.165) is 27.1 Å². The van der Waals surface area contributed by atoms with E-state index in [1.54, 1.807) is 44.6 Å². The molecule has 0 aliphatic carbocycles. The van der Waals surface area contributed by atoms with E-state index in [1.165, 1.54) is 11.3 Å². The number of ether oxygens (including phenoxy) is 2. The lowest BCUT2D eigenvalue weighted by Gasteiger charge is -2.21. The van der Waals surface area contributed by atoms with Gasteiger partial charge in [0.1, 0.15) is 17.0 Å². The molecule has 6 nitrogen and oxygen atoms in total. The highest BCUT2D eigenvalue weighted by Crippen LogP contribution is 2.37. The largest absolute Gasteiger partial charge is 0.497 e. The average molecular weight is 497 g/mol. The normalized spacial score (nSPS) is 11.4. The Morgan fingerprint density at radius 3 is 2.35 bits per heavy atom. The molecule has 0 radical (unpaired) electrons. The number of thiophene rings is 1. The SMILES string of the molecule is COc1ccc(Cn2c(=O)c(NC(=O)OC(C)(C)C)c(-c3ccc(Cl)cc3)c3sccc32)cc1. The number of nitrogens with zero attached hydrogens (tertiary/aromatic N) is 1. The Hall–Kier alpha value is -3.29. The summed E-state index contributed by atoms with van der Waals surface area (Å²) in [5, 5.41) is 5.25. The number of aromatic nitrogens is 1. The fourth-order valence-corrected chi connectivity index (χ4v) is 4.75. The van der Waals surface area contributed by atoms with Crippen LogP contribution < -0.4 is 15.6 Å². The van der Waals surface area contributed by atoms with Crippen molar-refractivity contribution >= 4 is 44.9 Å². The van der Waals surface area contributed by atoms with Crippen LogP contribution in [0.5, 0.6) is 5.75 Å². The van der Waals surface area contributed by atoms with Crippen molar-refractivity contribution in [1.29, 1.82) is 0 Å². The zero-order valence-electron chi connectivity index (χ0n) is 19.3. The lowest BCUT2D eigenvalue weighted by Crippen LogP contribution is -2.31. The molecule has 4 aromatic rings. The van der Waals surface area contributed by atoms with Gasteiger partial charge in [-0.1, -0.05) is 35.9 Å². The zero-order chi connectivity index (χ0) is 24.5. The summed E-state index contributed by atoms with van der Waals surface area (Å²) >= 11 is 7.60. The minimum atomic E-state index is -0.709. The predicted octanol–water partition coefficient (Wildman–Crippen LogP) is 6.79. The van der Waals surface area contributed by atoms with Gasteiger partial charge in [-0.05, 0) is 67.6 Å². The highest BCUT2D eigenvalue weighted by atomic mass is 35.5. The average Bonchev–Trinajstić information content (AvgIpc) is 3.26. The van der Waals surface area contributed by atoms with Gasteiger partial charge in [0.15, 0.2) is 0 Å². The molecular formula is C26H25ClN2O4S. The first-order valence-corrected chi connectivity index (χ1v) is 11.9. The maximum atomic E-state index is 13.8. The topological polar surface area (TPSA) is 69.6 Å². The highest BCUT2D eigenvalue weighted by molar-refractivity contribution is 7.17. The summed E-state index contributed by atoms with van der Waals surface area (Å²) in [4.78, 5) is 26.5. The number of carbonyl (C=O) groups is 1. The molecular weight excluding hydrogens is 472 g/mol. The molecule has 8 heteroatoms. The van der Waals surface area contributed by atoms with Gasteiger partial charge in [0, 0.05) is 10.6 Å². The van der Waals surface area contributed by atoms with Crippen molar-refractivity contribution in [2.45, 2.75) is 32.9 Å². The Labute approximate surface area is 206 Å². The zero-order valence-corrected chi connectivity index (χ0v) is 20.9. The number of hydrogen-bond acceptors (Lipinski definition) is 5. The number of halogens is 1. The van der Waals surface area contributed by atoms with Crippen LogP contribution in [0.25, 0.3) is 21.3 Å². The van der Waals surface area contributed by atoms with Crippen LogP contribution in [0.3, 0.4) is 0 Å².